The molecule has 0 aliphatic rings. The molecule has 1 atom stereocenters. The van der Waals surface area contributed by atoms with Gasteiger partial charge in [-0.15, -0.1) is 0 Å². The van der Waals surface area contributed by atoms with Crippen LogP contribution >= 0.6 is 0 Å². The highest BCUT2D eigenvalue weighted by molar-refractivity contribution is 5.96. The molecule has 1 aromatic rings. The summed E-state index contributed by atoms with van der Waals surface area (Å²) >= 11 is 0. The summed E-state index contributed by atoms with van der Waals surface area (Å²) in [5, 5.41) is 13.3. The largest absolute Gasteiger partial charge is 0.548 e. The van der Waals surface area contributed by atoms with E-state index in [1.807, 2.05) is 13.8 Å². The topological polar surface area (TPSA) is 69.2 Å². The van der Waals surface area contributed by atoms with Crippen molar-refractivity contribution < 1.29 is 14.7 Å². The second kappa shape index (κ2) is 6.03. The Balaban J connectivity index is 2.68. The van der Waals surface area contributed by atoms with Crippen LogP contribution in [0.3, 0.4) is 0 Å². The highest BCUT2D eigenvalue weighted by Gasteiger charge is 2.15. The summed E-state index contributed by atoms with van der Waals surface area (Å²) in [6.45, 7) is 3.79. The van der Waals surface area contributed by atoms with Crippen LogP contribution in [0.15, 0.2) is 30.3 Å². The Morgan fingerprint density at radius 3 is 2.29 bits per heavy atom. The molecule has 0 saturated carbocycles. The molecule has 0 saturated heterocycles. The van der Waals surface area contributed by atoms with Crippen molar-refractivity contribution in [1.82, 2.24) is 5.32 Å². The van der Waals surface area contributed by atoms with Gasteiger partial charge in [0.25, 0.3) is 5.91 Å². The predicted octanol–water partition coefficient (Wildman–Crippen LogP) is 0.581. The third kappa shape index (κ3) is 4.26. The van der Waals surface area contributed by atoms with Crippen LogP contribution in [-0.4, -0.2) is 17.9 Å². The molecular formula is C13H16NO3-. The van der Waals surface area contributed by atoms with Crippen molar-refractivity contribution in [1.29, 1.82) is 0 Å². The number of hydrogen-bond acceptors (Lipinski definition) is 3. The van der Waals surface area contributed by atoms with Gasteiger partial charge in [0.05, 0.1) is 12.0 Å². The maximum Gasteiger partial charge on any atom is 0.251 e. The quantitative estimate of drug-likeness (QED) is 0.810. The molecule has 0 unspecified atom stereocenters. The van der Waals surface area contributed by atoms with E-state index in [9.17, 15) is 14.7 Å². The van der Waals surface area contributed by atoms with E-state index < -0.39 is 12.0 Å². The fourth-order valence-electron chi connectivity index (χ4n) is 1.52. The van der Waals surface area contributed by atoms with E-state index in [1.54, 1.807) is 30.3 Å². The molecule has 0 bridgehead atoms. The zero-order chi connectivity index (χ0) is 12.8. The van der Waals surface area contributed by atoms with E-state index in [4.69, 9.17) is 0 Å². The third-order valence-corrected chi connectivity index (χ3v) is 2.33. The number of carbonyl (C=O) groups is 2. The van der Waals surface area contributed by atoms with E-state index in [2.05, 4.69) is 5.32 Å². The fraction of sp³-hybridized carbons (Fsp3) is 0.385. The van der Waals surface area contributed by atoms with Gasteiger partial charge in [-0.05, 0) is 24.5 Å². The van der Waals surface area contributed by atoms with Crippen LogP contribution in [0.25, 0.3) is 0 Å². The molecule has 1 N–H and O–H groups in total. The van der Waals surface area contributed by atoms with Gasteiger partial charge in [0.2, 0.25) is 0 Å². The number of rotatable bonds is 5. The lowest BCUT2D eigenvalue weighted by Crippen LogP contribution is -2.48. The van der Waals surface area contributed by atoms with Gasteiger partial charge in [-0.1, -0.05) is 32.0 Å². The number of nitrogens with one attached hydrogen (secondary N) is 1. The number of carbonyl (C=O) groups excluding carboxylic acids is 2. The Morgan fingerprint density at radius 1 is 1.24 bits per heavy atom. The minimum Gasteiger partial charge on any atom is -0.548 e. The summed E-state index contributed by atoms with van der Waals surface area (Å²) in [6.07, 6.45) is 0.362. The number of amides is 1. The van der Waals surface area contributed by atoms with E-state index in [0.29, 0.717) is 12.0 Å². The van der Waals surface area contributed by atoms with Gasteiger partial charge in [-0.3, -0.25) is 4.79 Å². The average molecular weight is 234 g/mol. The molecule has 4 nitrogen and oxygen atoms in total. The van der Waals surface area contributed by atoms with E-state index in [1.165, 1.54) is 0 Å². The molecular weight excluding hydrogens is 218 g/mol. The summed E-state index contributed by atoms with van der Waals surface area (Å²) in [6, 6.07) is 7.58. The molecule has 0 aromatic heterocycles. The smallest absolute Gasteiger partial charge is 0.251 e. The normalized spacial score (nSPS) is 12.2. The second-order valence-electron chi connectivity index (χ2n) is 4.34. The highest BCUT2D eigenvalue weighted by atomic mass is 16.4. The van der Waals surface area contributed by atoms with Gasteiger partial charge in [0, 0.05) is 5.56 Å². The molecule has 0 aliphatic carbocycles. The predicted molar refractivity (Wildman–Crippen MR) is 62.2 cm³/mol. The van der Waals surface area contributed by atoms with Crippen molar-refractivity contribution in [3.63, 3.8) is 0 Å². The molecule has 0 heterocycles. The minimum atomic E-state index is -1.25. The van der Waals surface area contributed by atoms with E-state index in [-0.39, 0.29) is 11.8 Å². The Bertz CT molecular complexity index is 387. The molecule has 1 rings (SSSR count). The lowest BCUT2D eigenvalue weighted by molar-refractivity contribution is -0.308. The van der Waals surface area contributed by atoms with Crippen molar-refractivity contribution >= 4 is 11.9 Å². The summed E-state index contributed by atoms with van der Waals surface area (Å²) in [4.78, 5) is 22.6. The van der Waals surface area contributed by atoms with E-state index >= 15 is 0 Å². The SMILES string of the molecule is CC(C)C[C@H](NC(=O)c1ccccc1)C(=O)[O-]. The van der Waals surface area contributed by atoms with Crippen LogP contribution in [0.5, 0.6) is 0 Å². The van der Waals surface area contributed by atoms with Crippen molar-refractivity contribution in [2.75, 3.05) is 0 Å². The number of aliphatic carboxylic acids is 1. The molecule has 1 aromatic carbocycles. The molecule has 0 radical (unpaired) electrons. The summed E-state index contributed by atoms with van der Waals surface area (Å²) in [5.41, 5.74) is 0.447. The zero-order valence-corrected chi connectivity index (χ0v) is 9.97. The van der Waals surface area contributed by atoms with Crippen molar-refractivity contribution in [2.45, 2.75) is 26.3 Å². The van der Waals surface area contributed by atoms with Crippen LogP contribution in [0.4, 0.5) is 0 Å². The lowest BCUT2D eigenvalue weighted by atomic mass is 10.0. The molecule has 0 aliphatic heterocycles. The Kier molecular flexibility index (Phi) is 4.69. The van der Waals surface area contributed by atoms with Gasteiger partial charge >= 0.3 is 0 Å². The van der Waals surface area contributed by atoms with Gasteiger partial charge < -0.3 is 15.2 Å². The van der Waals surface area contributed by atoms with Crippen molar-refractivity contribution in [3.05, 3.63) is 35.9 Å². The molecule has 0 fully saturated rings. The monoisotopic (exact) mass is 234 g/mol. The van der Waals surface area contributed by atoms with E-state index in [0.717, 1.165) is 0 Å². The van der Waals surface area contributed by atoms with Gasteiger partial charge in [0.15, 0.2) is 0 Å². The molecule has 0 spiro atoms. The van der Waals surface area contributed by atoms with Crippen LogP contribution in [-0.2, 0) is 4.79 Å². The summed E-state index contributed by atoms with van der Waals surface area (Å²) < 4.78 is 0. The zero-order valence-electron chi connectivity index (χ0n) is 9.97. The van der Waals surface area contributed by atoms with Gasteiger partial charge in [0.1, 0.15) is 0 Å². The van der Waals surface area contributed by atoms with Crippen molar-refractivity contribution in [2.24, 2.45) is 5.92 Å². The maximum atomic E-state index is 11.7. The number of carboxylic acids is 1. The first-order valence-electron chi connectivity index (χ1n) is 5.57. The maximum absolute atomic E-state index is 11.7. The lowest BCUT2D eigenvalue weighted by Gasteiger charge is -2.21. The molecule has 17 heavy (non-hydrogen) atoms. The van der Waals surface area contributed by atoms with Gasteiger partial charge in [-0.25, -0.2) is 0 Å². The Hall–Kier alpha value is -1.84. The number of hydrogen-bond donors (Lipinski definition) is 1. The van der Waals surface area contributed by atoms with Crippen LogP contribution in [0.1, 0.15) is 30.6 Å². The number of benzene rings is 1. The van der Waals surface area contributed by atoms with Crippen LogP contribution in [0.2, 0.25) is 0 Å². The Morgan fingerprint density at radius 2 is 1.82 bits per heavy atom. The summed E-state index contributed by atoms with van der Waals surface area (Å²) in [7, 11) is 0. The minimum absolute atomic E-state index is 0.175. The van der Waals surface area contributed by atoms with Crippen LogP contribution in [0, 0.1) is 5.92 Å². The molecule has 1 amide bonds. The average Bonchev–Trinajstić information content (AvgIpc) is 2.28. The standard InChI is InChI=1S/C13H17NO3/c1-9(2)8-11(13(16)17)14-12(15)10-6-4-3-5-7-10/h3-7,9,11H,8H2,1-2H3,(H,14,15)(H,16,17)/p-1/t11-/m0/s1. The van der Waals surface area contributed by atoms with Gasteiger partial charge in [-0.2, -0.15) is 0 Å². The number of carboxylic acid groups (broad SMARTS) is 1. The first-order chi connectivity index (χ1) is 8.00. The third-order valence-electron chi connectivity index (χ3n) is 2.33. The summed E-state index contributed by atoms with van der Waals surface area (Å²) in [5.74, 6) is -1.46. The molecule has 4 heteroatoms. The van der Waals surface area contributed by atoms with Crippen LogP contribution < -0.4 is 10.4 Å². The molecule has 92 valence electrons. The second-order valence-corrected chi connectivity index (χ2v) is 4.34. The fourth-order valence-corrected chi connectivity index (χ4v) is 1.52. The first kappa shape index (κ1) is 13.2. The van der Waals surface area contributed by atoms with Crippen molar-refractivity contribution in [3.8, 4) is 0 Å². The Labute approximate surface area is 101 Å². The highest BCUT2D eigenvalue weighted by Crippen LogP contribution is 2.06. The first-order valence-corrected chi connectivity index (χ1v) is 5.57.